The molecule has 8 rings (SSSR count). The van der Waals surface area contributed by atoms with Gasteiger partial charge in [0.25, 0.3) is 5.95 Å². The van der Waals surface area contributed by atoms with E-state index < -0.39 is 5.41 Å². The average Bonchev–Trinajstić information content (AvgIpc) is 3.61. The number of allylic oxidation sites excluding steroid dienone is 2. The van der Waals surface area contributed by atoms with Crippen LogP contribution < -0.4 is 0 Å². The van der Waals surface area contributed by atoms with Gasteiger partial charge in [0.15, 0.2) is 0 Å². The second kappa shape index (κ2) is 10.9. The van der Waals surface area contributed by atoms with Crippen molar-refractivity contribution >= 4 is 5.97 Å². The predicted molar refractivity (Wildman–Crippen MR) is 188 cm³/mol. The maximum atomic E-state index is 14.4. The Morgan fingerprint density at radius 1 is 0.958 bits per heavy atom. The van der Waals surface area contributed by atoms with Gasteiger partial charge in [-0.1, -0.05) is 90.4 Å². The summed E-state index contributed by atoms with van der Waals surface area (Å²) in [5.41, 5.74) is 4.98. The largest absolute Gasteiger partial charge is 0.460 e. The Hall–Kier alpha value is -3.28. The van der Waals surface area contributed by atoms with E-state index in [1.807, 2.05) is 30.5 Å². The zero-order valence-corrected chi connectivity index (χ0v) is 30.1. The Morgan fingerprint density at radius 2 is 1.75 bits per heavy atom. The molecule has 5 aliphatic rings. The number of rotatable bonds is 4. The predicted octanol–water partition coefficient (Wildman–Crippen LogP) is 9.08. The molecule has 0 aliphatic heterocycles. The van der Waals surface area contributed by atoms with Crippen LogP contribution in [0.15, 0.2) is 66.6 Å². The lowest BCUT2D eigenvalue weighted by Crippen LogP contribution is -2.65. The molecule has 6 heteroatoms. The first-order valence-electron chi connectivity index (χ1n) is 18.6. The standard InChI is InChI=1S/C42H54N4O2/c1-27-16-19-42(36(47)48-26-29-12-9-8-10-13-29)21-20-40(6)31(34(42)28(27)2)14-15-33-39(5)24-30-25-43-37(46-23-11-22-44-46)45-35(30)38(3,4)32(39)17-18-41(33,40)7/h8-14,22-23,25,27-28,32-34H,15-21,24,26H2,1-7H3/t27-,28+,32+,33-,34+,39+,40-,41-,42+/m1/s1. The van der Waals surface area contributed by atoms with E-state index in [-0.39, 0.29) is 33.5 Å². The van der Waals surface area contributed by atoms with Crippen molar-refractivity contribution in [1.29, 1.82) is 0 Å². The highest BCUT2D eigenvalue weighted by atomic mass is 16.5. The second-order valence-electron chi connectivity index (χ2n) is 17.8. The third-order valence-electron chi connectivity index (χ3n) is 15.5. The minimum atomic E-state index is -0.425. The van der Waals surface area contributed by atoms with Crippen LogP contribution in [-0.2, 0) is 28.0 Å². The van der Waals surface area contributed by atoms with Gasteiger partial charge in [-0.25, -0.2) is 14.6 Å². The molecule has 2 aromatic heterocycles. The van der Waals surface area contributed by atoms with Crippen LogP contribution in [0, 0.1) is 51.2 Å². The number of carbonyl (C=O) groups excluding carboxylic acids is 1. The quantitative estimate of drug-likeness (QED) is 0.209. The van der Waals surface area contributed by atoms with Crippen LogP contribution in [0.25, 0.3) is 5.95 Å². The van der Waals surface area contributed by atoms with Crippen LogP contribution in [0.3, 0.4) is 0 Å². The van der Waals surface area contributed by atoms with E-state index in [2.05, 4.69) is 78.0 Å². The van der Waals surface area contributed by atoms with Crippen molar-refractivity contribution in [3.8, 4) is 5.95 Å². The molecule has 3 fully saturated rings. The van der Waals surface area contributed by atoms with Gasteiger partial charge in [-0.3, -0.25) is 4.79 Å². The topological polar surface area (TPSA) is 69.9 Å². The second-order valence-corrected chi connectivity index (χ2v) is 17.8. The van der Waals surface area contributed by atoms with E-state index >= 15 is 0 Å². The van der Waals surface area contributed by atoms with Crippen LogP contribution in [0.2, 0.25) is 0 Å². The van der Waals surface area contributed by atoms with E-state index in [9.17, 15) is 4.79 Å². The maximum absolute atomic E-state index is 14.4. The lowest BCUT2D eigenvalue weighted by atomic mass is 9.33. The summed E-state index contributed by atoms with van der Waals surface area (Å²) < 4.78 is 8.03. The molecular formula is C42H54N4O2. The van der Waals surface area contributed by atoms with E-state index in [4.69, 9.17) is 14.7 Å². The summed E-state index contributed by atoms with van der Waals surface area (Å²) in [5.74, 6) is 3.06. The van der Waals surface area contributed by atoms with Crippen molar-refractivity contribution < 1.29 is 9.53 Å². The first-order valence-corrected chi connectivity index (χ1v) is 18.6. The SMILES string of the molecule is C[C@H]1[C@H](C)CC[C@]2(C(=O)OCc3ccccc3)CC[C@]3(C)C(=CC[C@@H]4[C@@]5(C)Cc6cnc(-n7cccn7)nc6C(C)(C)[C@@H]5CC[C@]43C)[C@H]12. The molecule has 2 heterocycles. The third kappa shape index (κ3) is 4.29. The van der Waals surface area contributed by atoms with Gasteiger partial charge in [-0.2, -0.15) is 5.10 Å². The first-order chi connectivity index (χ1) is 22.8. The fourth-order valence-electron chi connectivity index (χ4n) is 12.7. The molecule has 5 aliphatic carbocycles. The lowest BCUT2D eigenvalue weighted by Gasteiger charge is -2.70. The van der Waals surface area contributed by atoms with Gasteiger partial charge >= 0.3 is 5.97 Å². The zero-order chi connectivity index (χ0) is 33.7. The summed E-state index contributed by atoms with van der Waals surface area (Å²) in [5, 5.41) is 4.42. The van der Waals surface area contributed by atoms with Gasteiger partial charge in [-0.15, -0.1) is 0 Å². The number of esters is 1. The molecule has 0 N–H and O–H groups in total. The number of benzene rings is 1. The molecule has 0 radical (unpaired) electrons. The normalized spacial score (nSPS) is 39.5. The number of aromatic nitrogens is 4. The van der Waals surface area contributed by atoms with Gasteiger partial charge in [0, 0.05) is 24.0 Å². The van der Waals surface area contributed by atoms with E-state index in [0.717, 1.165) is 44.1 Å². The lowest BCUT2D eigenvalue weighted by molar-refractivity contribution is -0.184. The average molecular weight is 647 g/mol. The summed E-state index contributed by atoms with van der Waals surface area (Å²) >= 11 is 0. The molecule has 6 nitrogen and oxygen atoms in total. The van der Waals surface area contributed by atoms with Crippen LogP contribution in [0.5, 0.6) is 0 Å². The molecule has 9 atom stereocenters. The fourth-order valence-corrected chi connectivity index (χ4v) is 12.7. The van der Waals surface area contributed by atoms with Gasteiger partial charge in [0.2, 0.25) is 0 Å². The van der Waals surface area contributed by atoms with Crippen LogP contribution in [-0.4, -0.2) is 25.7 Å². The third-order valence-corrected chi connectivity index (χ3v) is 15.5. The van der Waals surface area contributed by atoms with Gasteiger partial charge in [-0.05, 0) is 114 Å². The molecule has 0 bridgehead atoms. The number of nitrogens with zero attached hydrogens (tertiary/aromatic N) is 4. The molecule has 3 saturated carbocycles. The van der Waals surface area contributed by atoms with Gasteiger partial charge in [0.05, 0.1) is 11.1 Å². The minimum absolute atomic E-state index is 0.0427. The van der Waals surface area contributed by atoms with E-state index in [0.29, 0.717) is 36.2 Å². The van der Waals surface area contributed by atoms with Crippen LogP contribution in [0.1, 0.15) is 110 Å². The summed E-state index contributed by atoms with van der Waals surface area (Å²) in [6.07, 6.45) is 17.0. The number of hydrogen-bond acceptors (Lipinski definition) is 5. The molecule has 254 valence electrons. The van der Waals surface area contributed by atoms with Crippen LogP contribution in [0.4, 0.5) is 0 Å². The van der Waals surface area contributed by atoms with Gasteiger partial charge in [0.1, 0.15) is 6.61 Å². The number of fused-ring (bicyclic) bond motifs is 8. The fraction of sp³-hybridized carbons (Fsp3) is 0.619. The molecule has 0 saturated heterocycles. The maximum Gasteiger partial charge on any atom is 0.313 e. The molecule has 1 aromatic carbocycles. The van der Waals surface area contributed by atoms with E-state index in [1.165, 1.54) is 24.1 Å². The number of carbonyl (C=O) groups is 1. The van der Waals surface area contributed by atoms with Crippen molar-refractivity contribution in [3.05, 3.63) is 83.5 Å². The molecule has 48 heavy (non-hydrogen) atoms. The van der Waals surface area contributed by atoms with Crippen molar-refractivity contribution in [2.45, 2.75) is 112 Å². The Balaban J connectivity index is 1.16. The smallest absolute Gasteiger partial charge is 0.313 e. The monoisotopic (exact) mass is 646 g/mol. The Bertz CT molecular complexity index is 1750. The van der Waals surface area contributed by atoms with E-state index in [1.54, 1.807) is 16.5 Å². The number of hydrogen-bond donors (Lipinski definition) is 0. The van der Waals surface area contributed by atoms with Crippen molar-refractivity contribution in [2.75, 3.05) is 0 Å². The Labute approximate surface area is 287 Å². The highest BCUT2D eigenvalue weighted by Gasteiger charge is 2.69. The minimum Gasteiger partial charge on any atom is -0.460 e. The molecular weight excluding hydrogens is 592 g/mol. The number of ether oxygens (including phenoxy) is 1. The van der Waals surface area contributed by atoms with Crippen molar-refractivity contribution in [1.82, 2.24) is 19.7 Å². The van der Waals surface area contributed by atoms with Gasteiger partial charge < -0.3 is 4.74 Å². The molecule has 0 amide bonds. The first kappa shape index (κ1) is 32.0. The summed E-state index contributed by atoms with van der Waals surface area (Å²) in [4.78, 5) is 24.4. The summed E-state index contributed by atoms with van der Waals surface area (Å²) in [7, 11) is 0. The Morgan fingerprint density at radius 3 is 2.50 bits per heavy atom. The molecule has 0 unspecified atom stereocenters. The van der Waals surface area contributed by atoms with Crippen molar-refractivity contribution in [2.24, 2.45) is 51.2 Å². The highest BCUT2D eigenvalue weighted by molar-refractivity contribution is 5.79. The van der Waals surface area contributed by atoms with Crippen molar-refractivity contribution in [3.63, 3.8) is 0 Å². The summed E-state index contributed by atoms with van der Waals surface area (Å²) in [6.45, 7) is 17.9. The molecule has 3 aromatic rings. The highest BCUT2D eigenvalue weighted by Crippen LogP contribution is 2.75. The summed E-state index contributed by atoms with van der Waals surface area (Å²) in [6, 6.07) is 12.1. The molecule has 0 spiro atoms. The van der Waals surface area contributed by atoms with Crippen LogP contribution >= 0.6 is 0 Å². The zero-order valence-electron chi connectivity index (χ0n) is 30.1. The Kier molecular flexibility index (Phi) is 7.23.